The Balaban J connectivity index is 1.31. The topological polar surface area (TPSA) is 84.7 Å². The van der Waals surface area contributed by atoms with E-state index in [0.29, 0.717) is 32.0 Å². The maximum atomic E-state index is 13.8. The normalized spacial score (nSPS) is 20.5. The average Bonchev–Trinajstić information content (AvgIpc) is 2.94. The molecule has 2 atom stereocenters. The van der Waals surface area contributed by atoms with Crippen LogP contribution in [0.1, 0.15) is 62.5 Å². The van der Waals surface area contributed by atoms with Crippen LogP contribution in [0.2, 0.25) is 0 Å². The van der Waals surface area contributed by atoms with E-state index in [1.165, 1.54) is 19.3 Å². The molecular formula is C32H39N3O3. The molecule has 1 aliphatic carbocycles. The minimum absolute atomic E-state index is 0.0296. The number of hydrogen-bond donors (Lipinski definition) is 2. The van der Waals surface area contributed by atoms with Crippen molar-refractivity contribution < 1.29 is 14.3 Å². The molecule has 2 fully saturated rings. The SMILES string of the molecule is NCCCCC1C(=O)NC(Cc2ccc3ccccc3c2)C(=O)N1Cc1ccc(OC2CCCCC2)cc1. The largest absolute Gasteiger partial charge is 0.490 e. The number of piperazine rings is 1. The van der Waals surface area contributed by atoms with Crippen LogP contribution >= 0.6 is 0 Å². The first kappa shape index (κ1) is 26.2. The fraction of sp³-hybridized carbons (Fsp3) is 0.438. The highest BCUT2D eigenvalue weighted by Crippen LogP contribution is 2.26. The third kappa shape index (κ3) is 6.36. The molecule has 1 aliphatic heterocycles. The Morgan fingerprint density at radius 1 is 0.868 bits per heavy atom. The number of nitrogens with zero attached hydrogens (tertiary/aromatic N) is 1. The highest BCUT2D eigenvalue weighted by atomic mass is 16.5. The van der Waals surface area contributed by atoms with Crippen molar-refractivity contribution in [2.75, 3.05) is 6.54 Å². The Kier molecular flexibility index (Phi) is 8.59. The standard InChI is InChI=1S/C32H39N3O3/c33-19-7-6-12-30-31(36)34-29(21-24-13-16-25-8-4-5-9-26(25)20-24)32(37)35(30)22-23-14-17-28(18-15-23)38-27-10-2-1-3-11-27/h4-5,8-9,13-18,20,27,29-30H,1-3,6-7,10-12,19,21-22,33H2,(H,34,36). The van der Waals surface area contributed by atoms with Crippen LogP contribution in [0.4, 0.5) is 0 Å². The molecule has 2 aliphatic rings. The maximum absolute atomic E-state index is 13.8. The van der Waals surface area contributed by atoms with Gasteiger partial charge in [-0.1, -0.05) is 61.0 Å². The van der Waals surface area contributed by atoms with Gasteiger partial charge in [0, 0.05) is 13.0 Å². The summed E-state index contributed by atoms with van der Waals surface area (Å²) in [7, 11) is 0. The molecule has 1 saturated heterocycles. The van der Waals surface area contributed by atoms with Crippen LogP contribution in [0.25, 0.3) is 10.8 Å². The number of rotatable bonds is 10. The van der Waals surface area contributed by atoms with Gasteiger partial charge in [0.15, 0.2) is 0 Å². The number of benzene rings is 3. The van der Waals surface area contributed by atoms with Gasteiger partial charge in [-0.25, -0.2) is 0 Å². The lowest BCUT2D eigenvalue weighted by Gasteiger charge is -2.39. The summed E-state index contributed by atoms with van der Waals surface area (Å²) in [6.07, 6.45) is 9.00. The van der Waals surface area contributed by atoms with Crippen molar-refractivity contribution in [2.45, 2.75) is 82.5 Å². The van der Waals surface area contributed by atoms with Gasteiger partial charge in [-0.3, -0.25) is 9.59 Å². The van der Waals surface area contributed by atoms with E-state index in [2.05, 4.69) is 29.6 Å². The van der Waals surface area contributed by atoms with E-state index in [1.807, 2.05) is 42.5 Å². The molecular weight excluding hydrogens is 474 g/mol. The van der Waals surface area contributed by atoms with Crippen molar-refractivity contribution in [2.24, 2.45) is 5.73 Å². The second-order valence-electron chi connectivity index (χ2n) is 10.7. The summed E-state index contributed by atoms with van der Waals surface area (Å²) in [6, 6.07) is 21.4. The molecule has 2 amide bonds. The molecule has 3 N–H and O–H groups in total. The van der Waals surface area contributed by atoms with Crippen LogP contribution in [0.5, 0.6) is 5.75 Å². The van der Waals surface area contributed by atoms with Gasteiger partial charge < -0.3 is 20.7 Å². The number of hydrogen-bond acceptors (Lipinski definition) is 4. The Hall–Kier alpha value is -3.38. The number of nitrogens with one attached hydrogen (secondary N) is 1. The fourth-order valence-corrected chi connectivity index (χ4v) is 5.77. The van der Waals surface area contributed by atoms with Gasteiger partial charge in [-0.05, 0) is 85.5 Å². The predicted molar refractivity (Wildman–Crippen MR) is 151 cm³/mol. The van der Waals surface area contributed by atoms with Gasteiger partial charge in [-0.2, -0.15) is 0 Å². The van der Waals surface area contributed by atoms with E-state index < -0.39 is 12.1 Å². The number of fused-ring (bicyclic) bond motifs is 1. The van der Waals surface area contributed by atoms with Crippen LogP contribution in [-0.2, 0) is 22.6 Å². The summed E-state index contributed by atoms with van der Waals surface area (Å²) in [4.78, 5) is 28.8. The molecule has 5 rings (SSSR count). The minimum atomic E-state index is -0.580. The Morgan fingerprint density at radius 2 is 1.61 bits per heavy atom. The molecule has 38 heavy (non-hydrogen) atoms. The third-order valence-corrected chi connectivity index (χ3v) is 7.89. The van der Waals surface area contributed by atoms with Gasteiger partial charge >= 0.3 is 0 Å². The number of carbonyl (C=O) groups is 2. The maximum Gasteiger partial charge on any atom is 0.246 e. The quantitative estimate of drug-likeness (QED) is 0.369. The zero-order valence-electron chi connectivity index (χ0n) is 22.1. The number of carbonyl (C=O) groups excluding carboxylic acids is 2. The van der Waals surface area contributed by atoms with E-state index in [1.54, 1.807) is 4.90 Å². The van der Waals surface area contributed by atoms with Crippen LogP contribution < -0.4 is 15.8 Å². The Bertz CT molecular complexity index is 1240. The van der Waals surface area contributed by atoms with Crippen molar-refractivity contribution in [3.63, 3.8) is 0 Å². The zero-order valence-corrected chi connectivity index (χ0v) is 22.1. The van der Waals surface area contributed by atoms with Crippen molar-refractivity contribution in [1.29, 1.82) is 0 Å². The van der Waals surface area contributed by atoms with Crippen LogP contribution in [0, 0.1) is 0 Å². The zero-order chi connectivity index (χ0) is 26.3. The second-order valence-corrected chi connectivity index (χ2v) is 10.7. The molecule has 200 valence electrons. The highest BCUT2D eigenvalue weighted by molar-refractivity contribution is 5.97. The van der Waals surface area contributed by atoms with Crippen molar-refractivity contribution in [3.8, 4) is 5.75 Å². The third-order valence-electron chi connectivity index (χ3n) is 7.89. The molecule has 0 bridgehead atoms. The molecule has 1 saturated carbocycles. The highest BCUT2D eigenvalue weighted by Gasteiger charge is 2.40. The van der Waals surface area contributed by atoms with E-state index in [0.717, 1.165) is 53.3 Å². The minimum Gasteiger partial charge on any atom is -0.490 e. The Morgan fingerprint density at radius 3 is 2.37 bits per heavy atom. The summed E-state index contributed by atoms with van der Waals surface area (Å²) in [5.74, 6) is 0.764. The molecule has 3 aromatic carbocycles. The van der Waals surface area contributed by atoms with Gasteiger partial charge in [0.2, 0.25) is 11.8 Å². The van der Waals surface area contributed by atoms with Gasteiger partial charge in [-0.15, -0.1) is 0 Å². The number of amides is 2. The Labute approximate surface area is 225 Å². The lowest BCUT2D eigenvalue weighted by Crippen LogP contribution is -2.63. The summed E-state index contributed by atoms with van der Waals surface area (Å²) >= 11 is 0. The molecule has 0 aromatic heterocycles. The summed E-state index contributed by atoms with van der Waals surface area (Å²) in [6.45, 7) is 0.979. The summed E-state index contributed by atoms with van der Waals surface area (Å²) in [5, 5.41) is 5.32. The number of ether oxygens (including phenoxy) is 1. The van der Waals surface area contributed by atoms with Crippen molar-refractivity contribution >= 4 is 22.6 Å². The summed E-state index contributed by atoms with van der Waals surface area (Å²) < 4.78 is 6.18. The summed E-state index contributed by atoms with van der Waals surface area (Å²) in [5.41, 5.74) is 7.73. The van der Waals surface area contributed by atoms with Gasteiger partial charge in [0.25, 0.3) is 0 Å². The lowest BCUT2D eigenvalue weighted by atomic mass is 9.96. The number of unbranched alkanes of at least 4 members (excludes halogenated alkanes) is 1. The lowest BCUT2D eigenvalue weighted by molar-refractivity contribution is -0.150. The molecule has 3 aromatic rings. The van der Waals surface area contributed by atoms with Crippen LogP contribution in [-0.4, -0.2) is 41.4 Å². The molecule has 2 unspecified atom stereocenters. The molecule has 6 nitrogen and oxygen atoms in total. The molecule has 0 spiro atoms. The van der Waals surface area contributed by atoms with Crippen LogP contribution in [0.15, 0.2) is 66.7 Å². The monoisotopic (exact) mass is 513 g/mol. The molecule has 6 heteroatoms. The fourth-order valence-electron chi connectivity index (χ4n) is 5.77. The van der Waals surface area contributed by atoms with E-state index in [4.69, 9.17) is 10.5 Å². The first-order valence-electron chi connectivity index (χ1n) is 14.1. The van der Waals surface area contributed by atoms with Crippen molar-refractivity contribution in [1.82, 2.24) is 10.2 Å². The van der Waals surface area contributed by atoms with Crippen molar-refractivity contribution in [3.05, 3.63) is 77.9 Å². The van der Waals surface area contributed by atoms with E-state index >= 15 is 0 Å². The number of nitrogens with two attached hydrogens (primary N) is 1. The van der Waals surface area contributed by atoms with E-state index in [9.17, 15) is 9.59 Å². The van der Waals surface area contributed by atoms with E-state index in [-0.39, 0.29) is 11.8 Å². The predicted octanol–water partition coefficient (Wildman–Crippen LogP) is 5.12. The first-order valence-corrected chi connectivity index (χ1v) is 14.1. The van der Waals surface area contributed by atoms with Gasteiger partial charge in [0.05, 0.1) is 6.10 Å². The molecule has 1 heterocycles. The van der Waals surface area contributed by atoms with Crippen LogP contribution in [0.3, 0.4) is 0 Å². The average molecular weight is 514 g/mol. The first-order chi connectivity index (χ1) is 18.6. The second kappa shape index (κ2) is 12.4. The molecule has 0 radical (unpaired) electrons. The smallest absolute Gasteiger partial charge is 0.246 e. The van der Waals surface area contributed by atoms with Gasteiger partial charge in [0.1, 0.15) is 17.8 Å².